The van der Waals surface area contributed by atoms with E-state index in [4.69, 9.17) is 18.9 Å². The second kappa shape index (κ2) is 25.5. The number of fused-ring (bicyclic) bond motifs is 5. The van der Waals surface area contributed by atoms with Gasteiger partial charge in [0, 0.05) is 37.0 Å². The van der Waals surface area contributed by atoms with Crippen LogP contribution < -0.4 is 15.4 Å². The van der Waals surface area contributed by atoms with Crippen molar-refractivity contribution in [2.24, 2.45) is 46.3 Å². The van der Waals surface area contributed by atoms with Gasteiger partial charge in [-0.05, 0) is 177 Å². The first-order valence-electron chi connectivity index (χ1n) is 28.1. The third-order valence-electron chi connectivity index (χ3n) is 17.5. The molecule has 0 aliphatic heterocycles. The molecule has 0 spiro atoms. The van der Waals surface area contributed by atoms with Crippen molar-refractivity contribution in [1.82, 2.24) is 15.5 Å². The van der Waals surface area contributed by atoms with E-state index in [0.717, 1.165) is 98.7 Å². The summed E-state index contributed by atoms with van der Waals surface area (Å²) in [6, 6.07) is 7.44. The minimum atomic E-state index is -0.621. The van der Waals surface area contributed by atoms with Crippen LogP contribution in [0.15, 0.2) is 35.9 Å². The normalized spacial score (nSPS) is 25.7. The molecule has 1 aromatic rings. The Bertz CT molecular complexity index is 1920. The van der Waals surface area contributed by atoms with Gasteiger partial charge in [0.25, 0.3) is 0 Å². The molecule has 0 saturated heterocycles. The first-order chi connectivity index (χ1) is 33.3. The van der Waals surface area contributed by atoms with Crippen molar-refractivity contribution in [2.75, 3.05) is 20.2 Å². The van der Waals surface area contributed by atoms with E-state index in [1.165, 1.54) is 56.9 Å². The number of carbonyl (C=O) groups excluding carboxylic acids is 4. The third kappa shape index (κ3) is 17.2. The number of methoxy groups -OCH3 is 1. The number of nitrogens with one attached hydrogen (secondary N) is 2. The zero-order chi connectivity index (χ0) is 52.2. The molecule has 1 unspecified atom stereocenters. The van der Waals surface area contributed by atoms with E-state index in [2.05, 4.69) is 51.3 Å². The number of unbranched alkanes of at least 4 members (excludes halogenated alkanes) is 4. The fourth-order valence-corrected chi connectivity index (χ4v) is 13.4. The molecule has 8 atom stereocenters. The van der Waals surface area contributed by atoms with Gasteiger partial charge in [-0.1, -0.05) is 103 Å². The van der Waals surface area contributed by atoms with Crippen LogP contribution in [0, 0.1) is 46.3 Å². The maximum Gasteiger partial charge on any atom is 0.408 e. The Hall–Kier alpha value is -3.76. The van der Waals surface area contributed by atoms with Crippen molar-refractivity contribution in [1.29, 1.82) is 0 Å². The number of carbonyl (C=O) groups is 4. The monoisotopic (exact) mass is 990 g/mol. The molecule has 3 fully saturated rings. The number of allylic oxidation sites excluding steroid dienone is 1. The van der Waals surface area contributed by atoms with E-state index in [0.29, 0.717) is 30.8 Å². The van der Waals surface area contributed by atoms with E-state index < -0.39 is 28.9 Å². The van der Waals surface area contributed by atoms with Gasteiger partial charge in [-0.15, -0.1) is 0 Å². The molecular weight excluding hydrogens is 891 g/mol. The maximum atomic E-state index is 13.9. The summed E-state index contributed by atoms with van der Waals surface area (Å²) in [5.41, 5.74) is 1.38. The summed E-state index contributed by atoms with van der Waals surface area (Å²) in [4.78, 5) is 54.6. The van der Waals surface area contributed by atoms with Crippen molar-refractivity contribution in [3.05, 3.63) is 41.5 Å². The van der Waals surface area contributed by atoms with Crippen molar-refractivity contribution in [2.45, 2.75) is 241 Å². The summed E-state index contributed by atoms with van der Waals surface area (Å²) in [6.07, 6.45) is 21.2. The average molecular weight is 990 g/mol. The van der Waals surface area contributed by atoms with Crippen LogP contribution in [0.4, 0.5) is 9.59 Å². The Morgan fingerprint density at radius 2 is 1.42 bits per heavy atom. The Morgan fingerprint density at radius 1 is 0.746 bits per heavy atom. The highest BCUT2D eigenvalue weighted by atomic mass is 16.6. The molecular formula is C60H99N3O8. The van der Waals surface area contributed by atoms with Crippen LogP contribution in [0.2, 0.25) is 0 Å². The van der Waals surface area contributed by atoms with Crippen molar-refractivity contribution >= 4 is 24.1 Å². The van der Waals surface area contributed by atoms with Crippen molar-refractivity contribution in [3.8, 4) is 5.75 Å². The molecule has 1 aromatic carbocycles. The lowest BCUT2D eigenvalue weighted by Crippen LogP contribution is -2.51. The molecule has 4 aliphatic rings. The average Bonchev–Trinajstić information content (AvgIpc) is 3.64. The molecule has 0 radical (unpaired) electrons. The molecule has 0 aromatic heterocycles. The second-order valence-corrected chi connectivity index (χ2v) is 25.7. The fourth-order valence-electron chi connectivity index (χ4n) is 13.4. The van der Waals surface area contributed by atoms with Crippen LogP contribution in [0.5, 0.6) is 5.75 Å². The van der Waals surface area contributed by atoms with Gasteiger partial charge in [0.15, 0.2) is 0 Å². The molecule has 11 heteroatoms. The first kappa shape index (κ1) is 58.1. The number of benzene rings is 1. The molecule has 11 nitrogen and oxygen atoms in total. The quantitative estimate of drug-likeness (QED) is 0.0428. The molecule has 5 rings (SSSR count). The van der Waals surface area contributed by atoms with Gasteiger partial charge in [-0.25, -0.2) is 9.59 Å². The lowest BCUT2D eigenvalue weighted by Gasteiger charge is -2.58. The van der Waals surface area contributed by atoms with E-state index in [9.17, 15) is 19.2 Å². The second-order valence-electron chi connectivity index (χ2n) is 25.7. The van der Waals surface area contributed by atoms with Gasteiger partial charge in [0.05, 0.1) is 13.5 Å². The summed E-state index contributed by atoms with van der Waals surface area (Å²) in [5.74, 6) is 5.14. The van der Waals surface area contributed by atoms with Crippen LogP contribution in [0.25, 0.3) is 0 Å². The predicted octanol–water partition coefficient (Wildman–Crippen LogP) is 14.3. The summed E-state index contributed by atoms with van der Waals surface area (Å²) >= 11 is 0. The maximum absolute atomic E-state index is 13.9. The molecule has 3 amide bonds. The van der Waals surface area contributed by atoms with E-state index >= 15 is 0 Å². The summed E-state index contributed by atoms with van der Waals surface area (Å²) in [6.45, 7) is 27.1. The van der Waals surface area contributed by atoms with Crippen LogP contribution in [0.1, 0.15) is 217 Å². The Balaban J connectivity index is 1.08. The van der Waals surface area contributed by atoms with Gasteiger partial charge in [-0.2, -0.15) is 0 Å². The van der Waals surface area contributed by atoms with Crippen LogP contribution >= 0.6 is 0 Å². The van der Waals surface area contributed by atoms with E-state index in [-0.39, 0.29) is 42.8 Å². The number of ether oxygens (including phenoxy) is 4. The van der Waals surface area contributed by atoms with Gasteiger partial charge < -0.3 is 34.5 Å². The highest BCUT2D eigenvalue weighted by molar-refractivity contribution is 5.81. The first-order valence-corrected chi connectivity index (χ1v) is 28.1. The number of hydrogen-bond donors (Lipinski definition) is 2. The topological polar surface area (TPSA) is 132 Å². The lowest BCUT2D eigenvalue weighted by molar-refractivity contribution is -0.153. The Morgan fingerprint density at radius 3 is 2.11 bits per heavy atom. The number of alkyl carbamates (subject to hydrolysis) is 2. The van der Waals surface area contributed by atoms with Gasteiger partial charge in [-0.3, -0.25) is 9.59 Å². The summed E-state index contributed by atoms with van der Waals surface area (Å²) in [5, 5.41) is 5.99. The number of nitrogens with zero attached hydrogens (tertiary/aromatic N) is 1. The smallest absolute Gasteiger partial charge is 0.408 e. The molecule has 0 heterocycles. The van der Waals surface area contributed by atoms with Crippen LogP contribution in [0.3, 0.4) is 0 Å². The van der Waals surface area contributed by atoms with Crippen LogP contribution in [-0.4, -0.2) is 71.9 Å². The van der Waals surface area contributed by atoms with E-state index in [1.54, 1.807) is 7.11 Å². The Kier molecular flexibility index (Phi) is 20.8. The number of hydrogen-bond acceptors (Lipinski definition) is 8. The SMILES string of the molecule is COc1ccc(COC(=O)NC(C)(C)CCCCCCCN(CCC(C)(C)NC(=O)OC(C)(C)C)C(=O)CCC(=O)O[C@H]2CC[C@@]3(C)C(=CC[C@@H]4C3CC[C@]3(C)[C@@H]([C@H](C)CCCC(C)C)CC[C@@H]43)C2)cc1. The van der Waals surface area contributed by atoms with Crippen LogP contribution in [-0.2, 0) is 30.4 Å². The van der Waals surface area contributed by atoms with Gasteiger partial charge in [0.2, 0.25) is 5.91 Å². The minimum Gasteiger partial charge on any atom is -0.497 e. The van der Waals surface area contributed by atoms with Gasteiger partial charge in [0.1, 0.15) is 24.1 Å². The van der Waals surface area contributed by atoms with Gasteiger partial charge >= 0.3 is 18.2 Å². The van der Waals surface area contributed by atoms with Crippen molar-refractivity contribution < 1.29 is 38.1 Å². The number of amides is 3. The molecule has 402 valence electrons. The molecule has 2 N–H and O–H groups in total. The van der Waals surface area contributed by atoms with E-state index in [1.807, 2.05) is 77.6 Å². The number of esters is 1. The molecule has 71 heavy (non-hydrogen) atoms. The predicted molar refractivity (Wildman–Crippen MR) is 285 cm³/mol. The highest BCUT2D eigenvalue weighted by Gasteiger charge is 2.59. The molecule has 3 saturated carbocycles. The zero-order valence-electron chi connectivity index (χ0n) is 46.9. The highest BCUT2D eigenvalue weighted by Crippen LogP contribution is 2.67. The fraction of sp³-hybridized carbons (Fsp3) is 0.800. The number of rotatable bonds is 25. The third-order valence-corrected chi connectivity index (χ3v) is 17.5. The largest absolute Gasteiger partial charge is 0.497 e. The molecule has 0 bridgehead atoms. The van der Waals surface area contributed by atoms with Crippen molar-refractivity contribution in [3.63, 3.8) is 0 Å². The Labute approximate surface area is 430 Å². The summed E-state index contributed by atoms with van der Waals surface area (Å²) in [7, 11) is 1.62. The minimum absolute atomic E-state index is 0.0581. The summed E-state index contributed by atoms with van der Waals surface area (Å²) < 4.78 is 22.4. The lowest BCUT2D eigenvalue weighted by atomic mass is 9.47. The standard InChI is InChI=1S/C60H99N3O8/c1-42(2)20-19-21-43(3)49-28-29-50-48-27-24-45-40-47(32-35-59(45,11)51(48)33-36-60(49,50)12)70-53(65)31-30-52(64)63(39-37-58(9,10)62-55(67)71-56(4,5)6)38-18-16-14-15-17-34-57(7,8)61-54(66)69-41-44-22-25-46(68-13)26-23-44/h22-26,42-43,47-51H,14-21,27-41H2,1-13H3,(H,61,66)(H,62,67)/t43-,47+,48+,49-,50+,51?,59+,60-/m1/s1. The zero-order valence-corrected chi connectivity index (χ0v) is 46.9. The molecule has 4 aliphatic carbocycles.